The first kappa shape index (κ1) is 22.0. The molecule has 0 aliphatic heterocycles. The van der Waals surface area contributed by atoms with Gasteiger partial charge in [-0.05, 0) is 31.2 Å². The van der Waals surface area contributed by atoms with Crippen LogP contribution < -0.4 is 5.32 Å². The van der Waals surface area contributed by atoms with E-state index in [-0.39, 0.29) is 11.7 Å². The Kier molecular flexibility index (Phi) is 5.96. The molecular formula is C26H17ClFN3O2S. The van der Waals surface area contributed by atoms with E-state index in [4.69, 9.17) is 16.1 Å². The lowest BCUT2D eigenvalue weighted by Crippen LogP contribution is -2.14. The van der Waals surface area contributed by atoms with Gasteiger partial charge in [-0.15, -0.1) is 11.3 Å². The molecule has 1 amide bonds. The first-order valence-corrected chi connectivity index (χ1v) is 11.6. The second-order valence-electron chi connectivity index (χ2n) is 7.46. The molecule has 0 fully saturated rings. The van der Waals surface area contributed by atoms with Gasteiger partial charge in [-0.2, -0.15) is 0 Å². The predicted octanol–water partition coefficient (Wildman–Crippen LogP) is 7.49. The topological polar surface area (TPSA) is 68.0 Å². The number of benzene rings is 3. The van der Waals surface area contributed by atoms with Gasteiger partial charge in [-0.25, -0.2) is 9.37 Å². The molecule has 1 N–H and O–H groups in total. The first-order valence-electron chi connectivity index (χ1n) is 10.4. The maximum atomic E-state index is 14.2. The summed E-state index contributed by atoms with van der Waals surface area (Å²) in [4.78, 5) is 18.0. The van der Waals surface area contributed by atoms with Crippen LogP contribution in [-0.2, 0) is 0 Å². The summed E-state index contributed by atoms with van der Waals surface area (Å²) in [5.74, 6) is -0.342. The summed E-state index contributed by atoms with van der Waals surface area (Å²) in [7, 11) is 0. The molecule has 0 saturated heterocycles. The van der Waals surface area contributed by atoms with Crippen LogP contribution >= 0.6 is 22.9 Å². The highest BCUT2D eigenvalue weighted by molar-refractivity contribution is 7.13. The van der Waals surface area contributed by atoms with E-state index in [9.17, 15) is 9.18 Å². The van der Waals surface area contributed by atoms with E-state index in [0.29, 0.717) is 55.1 Å². The van der Waals surface area contributed by atoms with E-state index in [1.807, 2.05) is 29.6 Å². The molecule has 0 aliphatic carbocycles. The SMILES string of the molecule is Cc1onc(-c2ccccc2Cl)c1C(=O)Nc1ccccc1-c1csc(-c2ccccc2F)n1. The highest BCUT2D eigenvalue weighted by atomic mass is 35.5. The molecule has 2 heterocycles. The first-order chi connectivity index (χ1) is 16.5. The molecule has 0 radical (unpaired) electrons. The quantitative estimate of drug-likeness (QED) is 0.278. The number of amides is 1. The zero-order chi connectivity index (χ0) is 23.7. The van der Waals surface area contributed by atoms with Crippen molar-refractivity contribution in [1.82, 2.24) is 10.1 Å². The number of carbonyl (C=O) groups is 1. The van der Waals surface area contributed by atoms with E-state index in [2.05, 4.69) is 15.5 Å². The standard InChI is InChI=1S/C26H17ClFN3O2S/c1-15-23(24(31-33-15)16-8-2-5-11-19(16)27)25(32)29-21-13-7-4-10-18(21)22-14-34-26(30-22)17-9-3-6-12-20(17)28/h2-14H,1H3,(H,29,32). The Morgan fingerprint density at radius 1 is 0.971 bits per heavy atom. The van der Waals surface area contributed by atoms with Crippen LogP contribution in [0.1, 0.15) is 16.1 Å². The highest BCUT2D eigenvalue weighted by Gasteiger charge is 2.24. The largest absolute Gasteiger partial charge is 0.360 e. The minimum atomic E-state index is -0.384. The van der Waals surface area contributed by atoms with Gasteiger partial charge in [0.25, 0.3) is 5.91 Å². The van der Waals surface area contributed by atoms with Crippen molar-refractivity contribution >= 4 is 34.5 Å². The Morgan fingerprint density at radius 2 is 1.65 bits per heavy atom. The number of rotatable bonds is 5. The molecule has 8 heteroatoms. The summed E-state index contributed by atoms with van der Waals surface area (Å²) >= 11 is 7.66. The number of halogens is 2. The van der Waals surface area contributed by atoms with Gasteiger partial charge < -0.3 is 9.84 Å². The van der Waals surface area contributed by atoms with Gasteiger partial charge in [0, 0.05) is 22.1 Å². The van der Waals surface area contributed by atoms with Gasteiger partial charge in [0.1, 0.15) is 27.8 Å². The average molecular weight is 490 g/mol. The molecule has 0 unspecified atom stereocenters. The van der Waals surface area contributed by atoms with Crippen LogP contribution in [0, 0.1) is 12.7 Å². The molecule has 0 bridgehead atoms. The van der Waals surface area contributed by atoms with Gasteiger partial charge in [-0.1, -0.05) is 65.3 Å². The molecule has 2 aromatic heterocycles. The van der Waals surface area contributed by atoms with E-state index in [0.717, 1.165) is 0 Å². The number of aryl methyl sites for hydroxylation is 1. The minimum Gasteiger partial charge on any atom is -0.360 e. The molecule has 0 atom stereocenters. The number of para-hydroxylation sites is 1. The fraction of sp³-hybridized carbons (Fsp3) is 0.0385. The lowest BCUT2D eigenvalue weighted by atomic mass is 10.0. The fourth-order valence-electron chi connectivity index (χ4n) is 3.63. The summed E-state index contributed by atoms with van der Waals surface area (Å²) in [5, 5.41) is 9.89. The van der Waals surface area contributed by atoms with Crippen LogP contribution in [-0.4, -0.2) is 16.0 Å². The number of hydrogen-bond acceptors (Lipinski definition) is 5. The smallest absolute Gasteiger partial charge is 0.261 e. The number of nitrogens with one attached hydrogen (secondary N) is 1. The Bertz CT molecular complexity index is 1510. The molecule has 5 aromatic rings. The molecule has 3 aromatic carbocycles. The highest BCUT2D eigenvalue weighted by Crippen LogP contribution is 2.35. The lowest BCUT2D eigenvalue weighted by molar-refractivity contribution is 0.102. The Morgan fingerprint density at radius 3 is 2.41 bits per heavy atom. The normalized spacial score (nSPS) is 10.9. The summed E-state index contributed by atoms with van der Waals surface area (Å²) < 4.78 is 19.6. The molecule has 5 rings (SSSR count). The van der Waals surface area contributed by atoms with Gasteiger partial charge in [0.2, 0.25) is 0 Å². The second-order valence-corrected chi connectivity index (χ2v) is 8.72. The van der Waals surface area contributed by atoms with E-state index in [1.165, 1.54) is 17.4 Å². The zero-order valence-corrected chi connectivity index (χ0v) is 19.5. The van der Waals surface area contributed by atoms with Crippen LogP contribution in [0.2, 0.25) is 5.02 Å². The van der Waals surface area contributed by atoms with Crippen LogP contribution in [0.4, 0.5) is 10.1 Å². The third-order valence-corrected chi connectivity index (χ3v) is 6.48. The van der Waals surface area contributed by atoms with Crippen LogP contribution in [0.5, 0.6) is 0 Å². The average Bonchev–Trinajstić information content (AvgIpc) is 3.47. The van der Waals surface area contributed by atoms with Gasteiger partial charge in [0.15, 0.2) is 0 Å². The summed E-state index contributed by atoms with van der Waals surface area (Å²) in [5.41, 5.74) is 3.61. The van der Waals surface area contributed by atoms with Crippen molar-refractivity contribution in [2.75, 3.05) is 5.32 Å². The monoisotopic (exact) mass is 489 g/mol. The number of anilines is 1. The maximum absolute atomic E-state index is 14.2. The maximum Gasteiger partial charge on any atom is 0.261 e. The van der Waals surface area contributed by atoms with E-state index < -0.39 is 0 Å². The third-order valence-electron chi connectivity index (χ3n) is 5.28. The van der Waals surface area contributed by atoms with Crippen LogP contribution in [0.15, 0.2) is 82.7 Å². The number of hydrogen-bond donors (Lipinski definition) is 1. The minimum absolute atomic E-state index is 0.299. The Balaban J connectivity index is 1.49. The summed E-state index contributed by atoms with van der Waals surface area (Å²) in [6, 6.07) is 20.9. The molecule has 0 aliphatic rings. The molecule has 5 nitrogen and oxygen atoms in total. The van der Waals surface area contributed by atoms with Gasteiger partial charge >= 0.3 is 0 Å². The van der Waals surface area contributed by atoms with Gasteiger partial charge in [-0.3, -0.25) is 4.79 Å². The number of carbonyl (C=O) groups excluding carboxylic acids is 1. The second kappa shape index (κ2) is 9.21. The van der Waals surface area contributed by atoms with Crippen molar-refractivity contribution in [3.63, 3.8) is 0 Å². The number of thiazole rings is 1. The predicted molar refractivity (Wildman–Crippen MR) is 133 cm³/mol. The third kappa shape index (κ3) is 4.11. The van der Waals surface area contributed by atoms with Gasteiger partial charge in [0.05, 0.1) is 16.4 Å². The van der Waals surface area contributed by atoms with Crippen molar-refractivity contribution in [3.8, 4) is 33.1 Å². The zero-order valence-electron chi connectivity index (χ0n) is 17.9. The van der Waals surface area contributed by atoms with Crippen molar-refractivity contribution in [2.45, 2.75) is 6.92 Å². The lowest BCUT2D eigenvalue weighted by Gasteiger charge is -2.10. The number of nitrogens with zero attached hydrogens (tertiary/aromatic N) is 2. The van der Waals surface area contributed by atoms with E-state index >= 15 is 0 Å². The Hall–Kier alpha value is -3.81. The van der Waals surface area contributed by atoms with Crippen molar-refractivity contribution in [1.29, 1.82) is 0 Å². The van der Waals surface area contributed by atoms with Crippen LogP contribution in [0.25, 0.3) is 33.1 Å². The summed E-state index contributed by atoms with van der Waals surface area (Å²) in [6.07, 6.45) is 0. The fourth-order valence-corrected chi connectivity index (χ4v) is 4.70. The van der Waals surface area contributed by atoms with Crippen molar-refractivity contribution in [3.05, 3.63) is 100 Å². The Labute approximate surface area is 203 Å². The molecular weight excluding hydrogens is 473 g/mol. The van der Waals surface area contributed by atoms with Crippen LogP contribution in [0.3, 0.4) is 0 Å². The van der Waals surface area contributed by atoms with Crippen molar-refractivity contribution in [2.24, 2.45) is 0 Å². The van der Waals surface area contributed by atoms with Crippen molar-refractivity contribution < 1.29 is 13.7 Å². The molecule has 0 spiro atoms. The molecule has 168 valence electrons. The number of aromatic nitrogens is 2. The molecule has 0 saturated carbocycles. The molecule has 34 heavy (non-hydrogen) atoms. The summed E-state index contributed by atoms with van der Waals surface area (Å²) in [6.45, 7) is 1.68. The van der Waals surface area contributed by atoms with E-state index in [1.54, 1.807) is 49.4 Å².